The molecule has 0 bridgehead atoms. The largest absolute Gasteiger partial charge is 0.478 e. The highest BCUT2D eigenvalue weighted by atomic mass is 79.9. The quantitative estimate of drug-likeness (QED) is 0.848. The highest BCUT2D eigenvalue weighted by Gasteiger charge is 2.16. The minimum Gasteiger partial charge on any atom is -0.478 e. The molecule has 110 valence electrons. The van der Waals surface area contributed by atoms with Crippen LogP contribution in [0.3, 0.4) is 0 Å². The summed E-state index contributed by atoms with van der Waals surface area (Å²) in [5, 5.41) is 9.11. The van der Waals surface area contributed by atoms with Crippen LogP contribution in [0.15, 0.2) is 45.8 Å². The van der Waals surface area contributed by atoms with E-state index in [-0.39, 0.29) is 21.2 Å². The molecule has 0 aliphatic carbocycles. The Morgan fingerprint density at radius 2 is 2.00 bits per heavy atom. The summed E-state index contributed by atoms with van der Waals surface area (Å²) in [6, 6.07) is 8.56. The number of hydrogen-bond donors (Lipinski definition) is 1. The maximum atomic E-state index is 13.4. The summed E-state index contributed by atoms with van der Waals surface area (Å²) in [4.78, 5) is 11.3. The van der Waals surface area contributed by atoms with E-state index in [9.17, 15) is 13.4 Å². The van der Waals surface area contributed by atoms with Gasteiger partial charge in [0.25, 0.3) is 0 Å². The standard InChI is InChI=1S/C14H9BrClFO3S/c15-9-2-3-10(14(18)19)13(6-9)21(20)7-8-1-4-11(16)12(17)5-8/h1-6H,7H2,(H,18,19). The summed E-state index contributed by atoms with van der Waals surface area (Å²) in [6.45, 7) is 0. The van der Waals surface area contributed by atoms with Crippen molar-refractivity contribution in [2.45, 2.75) is 10.6 Å². The zero-order valence-electron chi connectivity index (χ0n) is 10.5. The smallest absolute Gasteiger partial charge is 0.336 e. The van der Waals surface area contributed by atoms with Crippen molar-refractivity contribution in [1.29, 1.82) is 0 Å². The van der Waals surface area contributed by atoms with Crippen molar-refractivity contribution < 1.29 is 18.5 Å². The first-order valence-corrected chi connectivity index (χ1v) is 8.22. The summed E-state index contributed by atoms with van der Waals surface area (Å²) in [7, 11) is -1.61. The maximum Gasteiger partial charge on any atom is 0.336 e. The monoisotopic (exact) mass is 390 g/mol. The molecule has 0 fully saturated rings. The van der Waals surface area contributed by atoms with Crippen LogP contribution >= 0.6 is 27.5 Å². The molecule has 1 atom stereocenters. The summed E-state index contributed by atoms with van der Waals surface area (Å²) in [5.41, 5.74) is 0.442. The molecular weight excluding hydrogens is 383 g/mol. The van der Waals surface area contributed by atoms with Crippen molar-refractivity contribution in [3.8, 4) is 0 Å². The fourth-order valence-corrected chi connectivity index (χ4v) is 3.65. The fraction of sp³-hybridized carbons (Fsp3) is 0.0714. The molecule has 2 aromatic rings. The number of carbonyl (C=O) groups is 1. The molecular formula is C14H9BrClFO3S. The first kappa shape index (κ1) is 16.1. The summed E-state index contributed by atoms with van der Waals surface area (Å²) in [6.07, 6.45) is 0. The molecule has 2 aromatic carbocycles. The van der Waals surface area contributed by atoms with Crippen LogP contribution in [0.1, 0.15) is 15.9 Å². The van der Waals surface area contributed by atoms with Crippen LogP contribution in [0.25, 0.3) is 0 Å². The maximum absolute atomic E-state index is 13.4. The number of carboxylic acids is 1. The second kappa shape index (κ2) is 6.68. The van der Waals surface area contributed by atoms with Crippen LogP contribution in [0, 0.1) is 5.82 Å². The lowest BCUT2D eigenvalue weighted by Gasteiger charge is -2.07. The molecule has 0 spiro atoms. The van der Waals surface area contributed by atoms with E-state index in [4.69, 9.17) is 16.7 Å². The Morgan fingerprint density at radius 3 is 2.62 bits per heavy atom. The van der Waals surface area contributed by atoms with Gasteiger partial charge in [-0.15, -0.1) is 0 Å². The van der Waals surface area contributed by atoms with Crippen LogP contribution < -0.4 is 0 Å². The van der Waals surface area contributed by atoms with Crippen molar-refractivity contribution in [2.24, 2.45) is 0 Å². The Kier molecular flexibility index (Phi) is 5.13. The second-order valence-electron chi connectivity index (χ2n) is 4.18. The number of carboxylic acid groups (broad SMARTS) is 1. The van der Waals surface area contributed by atoms with Crippen LogP contribution in [0.4, 0.5) is 4.39 Å². The first-order valence-electron chi connectivity index (χ1n) is 5.73. The molecule has 3 nitrogen and oxygen atoms in total. The fourth-order valence-electron chi connectivity index (χ4n) is 1.72. The third-order valence-electron chi connectivity index (χ3n) is 2.70. The van der Waals surface area contributed by atoms with Gasteiger partial charge in [0.1, 0.15) is 5.82 Å². The van der Waals surface area contributed by atoms with Crippen molar-refractivity contribution in [3.63, 3.8) is 0 Å². The van der Waals surface area contributed by atoms with E-state index < -0.39 is 22.6 Å². The predicted molar refractivity (Wildman–Crippen MR) is 82.6 cm³/mol. The van der Waals surface area contributed by atoms with E-state index in [0.29, 0.717) is 10.0 Å². The summed E-state index contributed by atoms with van der Waals surface area (Å²) < 4.78 is 26.4. The molecule has 0 radical (unpaired) electrons. The van der Waals surface area contributed by atoms with E-state index in [2.05, 4.69) is 15.9 Å². The topological polar surface area (TPSA) is 54.4 Å². The third kappa shape index (κ3) is 3.90. The number of halogens is 3. The molecule has 0 aliphatic heterocycles. The average Bonchev–Trinajstić information content (AvgIpc) is 2.42. The van der Waals surface area contributed by atoms with Crippen molar-refractivity contribution in [2.75, 3.05) is 0 Å². The highest BCUT2D eigenvalue weighted by molar-refractivity contribution is 9.10. The second-order valence-corrected chi connectivity index (χ2v) is 6.93. The van der Waals surface area contributed by atoms with Gasteiger partial charge in [0.2, 0.25) is 0 Å². The Hall–Kier alpha value is -1.24. The number of rotatable bonds is 4. The van der Waals surface area contributed by atoms with Crippen LogP contribution in [-0.2, 0) is 16.6 Å². The van der Waals surface area contributed by atoms with Crippen LogP contribution in [-0.4, -0.2) is 15.3 Å². The van der Waals surface area contributed by atoms with Gasteiger partial charge in [-0.25, -0.2) is 9.18 Å². The zero-order valence-corrected chi connectivity index (χ0v) is 13.6. The Morgan fingerprint density at radius 1 is 1.29 bits per heavy atom. The van der Waals surface area contributed by atoms with Gasteiger partial charge in [0.15, 0.2) is 0 Å². The molecule has 0 amide bonds. The Bertz CT molecular complexity index is 736. The van der Waals surface area contributed by atoms with Gasteiger partial charge in [-0.05, 0) is 35.9 Å². The van der Waals surface area contributed by atoms with Gasteiger partial charge < -0.3 is 5.11 Å². The van der Waals surface area contributed by atoms with Gasteiger partial charge in [-0.3, -0.25) is 4.21 Å². The number of benzene rings is 2. The third-order valence-corrected chi connectivity index (χ3v) is 4.92. The lowest BCUT2D eigenvalue weighted by molar-refractivity contribution is 0.0693. The first-order chi connectivity index (χ1) is 9.88. The molecule has 0 saturated carbocycles. The molecule has 2 rings (SSSR count). The minimum atomic E-state index is -1.61. The molecule has 7 heteroatoms. The lowest BCUT2D eigenvalue weighted by atomic mass is 10.2. The van der Waals surface area contributed by atoms with Gasteiger partial charge in [-0.2, -0.15) is 0 Å². The normalized spacial score (nSPS) is 12.1. The molecule has 0 heterocycles. The van der Waals surface area contributed by atoms with E-state index >= 15 is 0 Å². The van der Waals surface area contributed by atoms with Crippen molar-refractivity contribution in [1.82, 2.24) is 0 Å². The van der Waals surface area contributed by atoms with Gasteiger partial charge in [-0.1, -0.05) is 33.6 Å². The molecule has 1 unspecified atom stereocenters. The number of hydrogen-bond acceptors (Lipinski definition) is 2. The van der Waals surface area contributed by atoms with Crippen LogP contribution in [0.5, 0.6) is 0 Å². The van der Waals surface area contributed by atoms with Crippen molar-refractivity contribution in [3.05, 3.63) is 62.8 Å². The van der Waals surface area contributed by atoms with Crippen LogP contribution in [0.2, 0.25) is 5.02 Å². The molecule has 0 saturated heterocycles. The molecule has 21 heavy (non-hydrogen) atoms. The lowest BCUT2D eigenvalue weighted by Crippen LogP contribution is -2.06. The van der Waals surface area contributed by atoms with Gasteiger partial charge in [0.05, 0.1) is 32.0 Å². The Labute approximate surface area is 136 Å². The predicted octanol–water partition coefficient (Wildman–Crippen LogP) is 4.25. The summed E-state index contributed by atoms with van der Waals surface area (Å²) in [5.74, 6) is -1.75. The summed E-state index contributed by atoms with van der Waals surface area (Å²) >= 11 is 8.80. The average molecular weight is 392 g/mol. The van der Waals surface area contributed by atoms with Gasteiger partial charge in [0, 0.05) is 4.47 Å². The van der Waals surface area contributed by atoms with Crippen molar-refractivity contribution >= 4 is 44.3 Å². The number of aromatic carboxylic acids is 1. The van der Waals surface area contributed by atoms with E-state index in [1.54, 1.807) is 12.1 Å². The van der Waals surface area contributed by atoms with E-state index in [0.717, 1.165) is 0 Å². The molecule has 1 N–H and O–H groups in total. The minimum absolute atomic E-state index is 0.00478. The SMILES string of the molecule is O=C(O)c1ccc(Br)cc1S(=O)Cc1ccc(Cl)c(F)c1. The highest BCUT2D eigenvalue weighted by Crippen LogP contribution is 2.23. The zero-order chi connectivity index (χ0) is 15.6. The van der Waals surface area contributed by atoms with E-state index in [1.165, 1.54) is 24.3 Å². The van der Waals surface area contributed by atoms with E-state index in [1.807, 2.05) is 0 Å². The van der Waals surface area contributed by atoms with Gasteiger partial charge >= 0.3 is 5.97 Å². The Balaban J connectivity index is 2.34. The molecule has 0 aromatic heterocycles. The molecule has 0 aliphatic rings.